The van der Waals surface area contributed by atoms with Crippen molar-refractivity contribution in [2.24, 2.45) is 0 Å². The molecule has 1 N–H and O–H groups in total. The fourth-order valence-corrected chi connectivity index (χ4v) is 6.62. The van der Waals surface area contributed by atoms with Crippen molar-refractivity contribution < 1.29 is 19.0 Å². The number of aromatic amines is 1. The number of ether oxygens (including phenoxy) is 3. The Labute approximate surface area is 247 Å². The third-order valence-corrected chi connectivity index (χ3v) is 8.96. The molecule has 2 aliphatic rings. The second kappa shape index (κ2) is 12.4. The fraction of sp³-hybridized carbons (Fsp3) is 0.412. The predicted octanol–water partition coefficient (Wildman–Crippen LogP) is 6.54. The Kier molecular flexibility index (Phi) is 8.33. The number of pyridine rings is 1. The first-order chi connectivity index (χ1) is 20.5. The Morgan fingerprint density at radius 2 is 1.67 bits per heavy atom. The van der Waals surface area contributed by atoms with Crippen molar-refractivity contribution in [3.05, 3.63) is 77.7 Å². The Morgan fingerprint density at radius 1 is 0.929 bits per heavy atom. The van der Waals surface area contributed by atoms with Gasteiger partial charge in [0.2, 0.25) is 0 Å². The summed E-state index contributed by atoms with van der Waals surface area (Å²) < 4.78 is 16.6. The van der Waals surface area contributed by atoms with E-state index in [2.05, 4.69) is 28.9 Å². The van der Waals surface area contributed by atoms with E-state index in [1.807, 2.05) is 53.6 Å². The number of aromatic nitrogens is 2. The number of carbonyl (C=O) groups excluding carboxylic acids is 1. The summed E-state index contributed by atoms with van der Waals surface area (Å²) >= 11 is 0. The van der Waals surface area contributed by atoms with E-state index in [9.17, 15) is 4.79 Å². The summed E-state index contributed by atoms with van der Waals surface area (Å²) in [5.74, 6) is 1.88. The number of methoxy groups -OCH3 is 2. The molecule has 42 heavy (non-hydrogen) atoms. The molecule has 2 aliphatic heterocycles. The molecule has 0 radical (unpaired) electrons. The molecule has 0 unspecified atom stereocenters. The lowest BCUT2D eigenvalue weighted by atomic mass is 9.90. The van der Waals surface area contributed by atoms with Crippen molar-refractivity contribution in [2.75, 3.05) is 40.4 Å². The maximum Gasteiger partial charge on any atom is 0.410 e. The molecule has 0 atom stereocenters. The van der Waals surface area contributed by atoms with Gasteiger partial charge in [0, 0.05) is 47.4 Å². The van der Waals surface area contributed by atoms with Crippen molar-refractivity contribution >= 4 is 17.0 Å². The first kappa shape index (κ1) is 28.1. The molecule has 220 valence electrons. The van der Waals surface area contributed by atoms with Crippen LogP contribution in [-0.4, -0.2) is 72.3 Å². The van der Waals surface area contributed by atoms with Crippen LogP contribution >= 0.6 is 0 Å². The highest BCUT2D eigenvalue weighted by Crippen LogP contribution is 2.39. The van der Waals surface area contributed by atoms with Crippen LogP contribution in [0.5, 0.6) is 11.5 Å². The number of hydrogen-bond acceptors (Lipinski definition) is 6. The number of amides is 1. The molecule has 2 aromatic heterocycles. The summed E-state index contributed by atoms with van der Waals surface area (Å²) in [6.07, 6.45) is 5.95. The van der Waals surface area contributed by atoms with Crippen LogP contribution in [0.25, 0.3) is 22.0 Å². The molecule has 2 aromatic carbocycles. The molecule has 0 spiro atoms. The van der Waals surface area contributed by atoms with E-state index in [4.69, 9.17) is 19.2 Å². The minimum atomic E-state index is -0.204. The highest BCUT2D eigenvalue weighted by atomic mass is 16.6. The molecular formula is C34H40N4O4. The molecule has 1 amide bonds. The summed E-state index contributed by atoms with van der Waals surface area (Å²) in [6.45, 7) is 6.05. The smallest absolute Gasteiger partial charge is 0.410 e. The fourth-order valence-electron chi connectivity index (χ4n) is 6.62. The number of nitrogens with zero attached hydrogens (tertiary/aromatic N) is 3. The van der Waals surface area contributed by atoms with Crippen LogP contribution in [0.1, 0.15) is 48.6 Å². The SMILES string of the molecule is COc1ccc(-c2c(C)[nH]c3cnc(C4CCN(C5CCN(C(=O)OCc6ccccc6)CC5)CC4)cc23)cc1OC. The third kappa shape index (κ3) is 5.81. The van der Waals surface area contributed by atoms with Crippen molar-refractivity contribution in [3.63, 3.8) is 0 Å². The second-order valence-corrected chi connectivity index (χ2v) is 11.4. The molecule has 8 nitrogen and oxygen atoms in total. The van der Waals surface area contributed by atoms with Gasteiger partial charge in [0.1, 0.15) is 6.61 Å². The number of carbonyl (C=O) groups is 1. The van der Waals surface area contributed by atoms with Crippen LogP contribution in [0.15, 0.2) is 60.8 Å². The lowest BCUT2D eigenvalue weighted by Gasteiger charge is -2.41. The van der Waals surface area contributed by atoms with Gasteiger partial charge >= 0.3 is 6.09 Å². The zero-order chi connectivity index (χ0) is 29.1. The van der Waals surface area contributed by atoms with Gasteiger partial charge < -0.3 is 29.0 Å². The van der Waals surface area contributed by atoms with Crippen LogP contribution < -0.4 is 9.47 Å². The first-order valence-corrected chi connectivity index (χ1v) is 14.9. The van der Waals surface area contributed by atoms with Crippen molar-refractivity contribution in [2.45, 2.75) is 51.2 Å². The van der Waals surface area contributed by atoms with Crippen LogP contribution in [0, 0.1) is 6.92 Å². The Bertz CT molecular complexity index is 1520. The molecule has 6 rings (SSSR count). The molecule has 4 heterocycles. The number of fused-ring (bicyclic) bond motifs is 1. The Hall–Kier alpha value is -4.04. The number of H-pyrrole nitrogens is 1. The van der Waals surface area contributed by atoms with Gasteiger partial charge in [0.05, 0.1) is 25.9 Å². The first-order valence-electron chi connectivity index (χ1n) is 14.9. The number of nitrogens with one attached hydrogen (secondary N) is 1. The molecule has 2 fully saturated rings. The summed E-state index contributed by atoms with van der Waals surface area (Å²) in [7, 11) is 3.33. The number of hydrogen-bond donors (Lipinski definition) is 1. The van der Waals surface area contributed by atoms with E-state index in [0.29, 0.717) is 18.6 Å². The predicted molar refractivity (Wildman–Crippen MR) is 164 cm³/mol. The van der Waals surface area contributed by atoms with Gasteiger partial charge in [0.15, 0.2) is 11.5 Å². The summed E-state index contributed by atoms with van der Waals surface area (Å²) in [6, 6.07) is 18.7. The molecule has 4 aromatic rings. The molecule has 0 bridgehead atoms. The maximum atomic E-state index is 12.6. The monoisotopic (exact) mass is 568 g/mol. The maximum absolute atomic E-state index is 12.6. The average Bonchev–Trinajstić information content (AvgIpc) is 3.38. The summed E-state index contributed by atoms with van der Waals surface area (Å²) in [4.78, 5) is 25.5. The quantitative estimate of drug-likeness (QED) is 0.273. The average molecular weight is 569 g/mol. The normalized spacial score (nSPS) is 17.0. The summed E-state index contributed by atoms with van der Waals surface area (Å²) in [5, 5.41) is 1.19. The molecule has 0 saturated carbocycles. The van der Waals surface area contributed by atoms with Crippen molar-refractivity contribution in [3.8, 4) is 22.6 Å². The third-order valence-electron chi connectivity index (χ3n) is 8.96. The highest BCUT2D eigenvalue weighted by molar-refractivity contribution is 5.97. The minimum absolute atomic E-state index is 0.204. The van der Waals surface area contributed by atoms with Crippen molar-refractivity contribution in [1.29, 1.82) is 0 Å². The number of likely N-dealkylation sites (tertiary alicyclic amines) is 2. The van der Waals surface area contributed by atoms with Crippen LogP contribution in [-0.2, 0) is 11.3 Å². The van der Waals surface area contributed by atoms with Crippen LogP contribution in [0.2, 0.25) is 0 Å². The van der Waals surface area contributed by atoms with Gasteiger partial charge in [-0.15, -0.1) is 0 Å². The van der Waals surface area contributed by atoms with E-state index in [1.165, 1.54) is 16.6 Å². The Morgan fingerprint density at radius 3 is 2.38 bits per heavy atom. The van der Waals surface area contributed by atoms with Gasteiger partial charge in [-0.05, 0) is 75.0 Å². The van der Waals surface area contributed by atoms with E-state index >= 15 is 0 Å². The van der Waals surface area contributed by atoms with Gasteiger partial charge in [0.25, 0.3) is 0 Å². The molecular weight excluding hydrogens is 528 g/mol. The topological polar surface area (TPSA) is 79.9 Å². The summed E-state index contributed by atoms with van der Waals surface area (Å²) in [5.41, 5.74) is 6.62. The number of piperidine rings is 2. The number of rotatable bonds is 7. The number of aryl methyl sites for hydroxylation is 1. The molecule has 2 saturated heterocycles. The van der Waals surface area contributed by atoms with Gasteiger partial charge in [-0.3, -0.25) is 4.98 Å². The van der Waals surface area contributed by atoms with Crippen molar-refractivity contribution in [1.82, 2.24) is 19.8 Å². The van der Waals surface area contributed by atoms with E-state index < -0.39 is 0 Å². The van der Waals surface area contributed by atoms with E-state index in [1.54, 1.807) is 14.2 Å². The van der Waals surface area contributed by atoms with Crippen LogP contribution in [0.3, 0.4) is 0 Å². The number of benzene rings is 2. The molecule has 8 heteroatoms. The van der Waals surface area contributed by atoms with E-state index in [-0.39, 0.29) is 6.09 Å². The van der Waals surface area contributed by atoms with E-state index in [0.717, 1.165) is 85.7 Å². The van der Waals surface area contributed by atoms with Crippen LogP contribution in [0.4, 0.5) is 4.79 Å². The lowest BCUT2D eigenvalue weighted by Crippen LogP contribution is -2.48. The second-order valence-electron chi connectivity index (χ2n) is 11.4. The van der Waals surface area contributed by atoms with Gasteiger partial charge in [-0.25, -0.2) is 4.79 Å². The largest absolute Gasteiger partial charge is 0.493 e. The van der Waals surface area contributed by atoms with Gasteiger partial charge in [-0.2, -0.15) is 0 Å². The Balaban J connectivity index is 1.06. The zero-order valence-corrected chi connectivity index (χ0v) is 24.8. The van der Waals surface area contributed by atoms with Gasteiger partial charge in [-0.1, -0.05) is 36.4 Å². The standard InChI is InChI=1S/C34H40N4O4/c1-23-33(26-9-10-31(40-2)32(19-26)41-3)28-20-29(35-21-30(28)36-23)25-11-15-37(16-12-25)27-13-17-38(18-14-27)34(39)42-22-24-7-5-4-6-8-24/h4-10,19-21,25,27,36H,11-18,22H2,1-3H3. The lowest BCUT2D eigenvalue weighted by molar-refractivity contribution is 0.0606. The zero-order valence-electron chi connectivity index (χ0n) is 24.8. The molecule has 0 aliphatic carbocycles. The highest BCUT2D eigenvalue weighted by Gasteiger charge is 2.31. The minimum Gasteiger partial charge on any atom is -0.493 e.